The zero-order valence-corrected chi connectivity index (χ0v) is 25.5. The molecule has 5 N–H and O–H groups in total. The molecular formula is C33H51N5O4. The highest BCUT2D eigenvalue weighted by Crippen LogP contribution is 2.10. The first-order chi connectivity index (χ1) is 20.4. The lowest BCUT2D eigenvalue weighted by Crippen LogP contribution is -2.56. The summed E-state index contributed by atoms with van der Waals surface area (Å²) in [4.78, 5) is 50.9. The van der Waals surface area contributed by atoms with Crippen molar-refractivity contribution < 1.29 is 19.2 Å². The van der Waals surface area contributed by atoms with Crippen LogP contribution in [0.3, 0.4) is 0 Å². The van der Waals surface area contributed by atoms with Gasteiger partial charge in [-0.2, -0.15) is 0 Å². The Morgan fingerprint density at radius 3 is 2.29 bits per heavy atom. The van der Waals surface area contributed by atoms with Gasteiger partial charge in [-0.05, 0) is 25.3 Å². The Balaban J connectivity index is 1.90. The third kappa shape index (κ3) is 15.4. The molecule has 1 heterocycles. The number of nitrogens with one attached hydrogen (secondary N) is 5. The van der Waals surface area contributed by atoms with Gasteiger partial charge in [0.1, 0.15) is 12.1 Å². The maximum absolute atomic E-state index is 13.4. The SMILES string of the molecule is CCCCCCCCCCCCNC(=O)NC(Cc1ccccc1)C(=O)N[C@H]1/C=C/CCNC(=O)/C=C/[C@H](C)NC1=O. The molecule has 3 atom stereocenters. The van der Waals surface area contributed by atoms with E-state index >= 15 is 0 Å². The van der Waals surface area contributed by atoms with E-state index in [1.807, 2.05) is 30.3 Å². The second-order valence-electron chi connectivity index (χ2n) is 11.0. The van der Waals surface area contributed by atoms with Gasteiger partial charge in [-0.1, -0.05) is 113 Å². The molecule has 9 nitrogen and oxygen atoms in total. The molecule has 1 unspecified atom stereocenters. The lowest BCUT2D eigenvalue weighted by atomic mass is 10.0. The Hall–Kier alpha value is -3.62. The summed E-state index contributed by atoms with van der Waals surface area (Å²) in [5, 5.41) is 14.0. The number of benzene rings is 1. The third-order valence-corrected chi connectivity index (χ3v) is 7.15. The zero-order chi connectivity index (χ0) is 30.4. The summed E-state index contributed by atoms with van der Waals surface area (Å²) < 4.78 is 0. The quantitative estimate of drug-likeness (QED) is 0.146. The molecular weight excluding hydrogens is 530 g/mol. The van der Waals surface area contributed by atoms with E-state index < -0.39 is 36.0 Å². The van der Waals surface area contributed by atoms with Crippen LogP contribution in [0, 0.1) is 0 Å². The van der Waals surface area contributed by atoms with Crippen LogP contribution in [0.1, 0.15) is 90.0 Å². The molecule has 9 heteroatoms. The van der Waals surface area contributed by atoms with E-state index in [1.54, 1.807) is 25.2 Å². The minimum Gasteiger partial charge on any atom is -0.352 e. The maximum atomic E-state index is 13.4. The Labute approximate surface area is 251 Å². The predicted molar refractivity (Wildman–Crippen MR) is 168 cm³/mol. The second-order valence-corrected chi connectivity index (χ2v) is 11.0. The summed E-state index contributed by atoms with van der Waals surface area (Å²) >= 11 is 0. The lowest BCUT2D eigenvalue weighted by molar-refractivity contribution is -0.129. The van der Waals surface area contributed by atoms with Crippen molar-refractivity contribution in [1.29, 1.82) is 0 Å². The Morgan fingerprint density at radius 2 is 1.60 bits per heavy atom. The first-order valence-corrected chi connectivity index (χ1v) is 15.7. The van der Waals surface area contributed by atoms with Crippen LogP contribution in [-0.2, 0) is 20.8 Å². The molecule has 0 saturated heterocycles. The average molecular weight is 582 g/mol. The largest absolute Gasteiger partial charge is 0.352 e. The molecule has 0 fully saturated rings. The number of unbranched alkanes of at least 4 members (excludes halogenated alkanes) is 9. The number of urea groups is 1. The van der Waals surface area contributed by atoms with Crippen molar-refractivity contribution in [3.05, 3.63) is 60.2 Å². The van der Waals surface area contributed by atoms with Crippen LogP contribution in [0.4, 0.5) is 4.79 Å². The van der Waals surface area contributed by atoms with E-state index in [1.165, 1.54) is 51.0 Å². The highest BCUT2D eigenvalue weighted by molar-refractivity contribution is 5.93. The molecule has 232 valence electrons. The smallest absolute Gasteiger partial charge is 0.315 e. The van der Waals surface area contributed by atoms with Gasteiger partial charge in [0.2, 0.25) is 17.7 Å². The lowest BCUT2D eigenvalue weighted by Gasteiger charge is -2.23. The summed E-state index contributed by atoms with van der Waals surface area (Å²) in [5.74, 6) is -1.08. The number of carbonyl (C=O) groups is 4. The Morgan fingerprint density at radius 1 is 0.929 bits per heavy atom. The number of hydrogen-bond donors (Lipinski definition) is 5. The van der Waals surface area contributed by atoms with Crippen LogP contribution in [-0.4, -0.2) is 55.0 Å². The van der Waals surface area contributed by atoms with Crippen molar-refractivity contribution in [2.75, 3.05) is 13.1 Å². The molecule has 42 heavy (non-hydrogen) atoms. The van der Waals surface area contributed by atoms with Crippen LogP contribution in [0.2, 0.25) is 0 Å². The fourth-order valence-corrected chi connectivity index (χ4v) is 4.70. The van der Waals surface area contributed by atoms with Gasteiger partial charge >= 0.3 is 6.03 Å². The van der Waals surface area contributed by atoms with Crippen LogP contribution in [0.25, 0.3) is 0 Å². The zero-order valence-electron chi connectivity index (χ0n) is 25.5. The van der Waals surface area contributed by atoms with E-state index in [9.17, 15) is 19.2 Å². The normalized spacial score (nSPS) is 19.7. The van der Waals surface area contributed by atoms with E-state index in [-0.39, 0.29) is 12.3 Å². The molecule has 0 aromatic heterocycles. The minimum atomic E-state index is -0.932. The summed E-state index contributed by atoms with van der Waals surface area (Å²) in [5.41, 5.74) is 0.890. The van der Waals surface area contributed by atoms with Crippen molar-refractivity contribution in [2.45, 2.75) is 109 Å². The molecule has 0 saturated carbocycles. The molecule has 1 aliphatic rings. The molecule has 0 bridgehead atoms. The van der Waals surface area contributed by atoms with Gasteiger partial charge in [0.25, 0.3) is 0 Å². The van der Waals surface area contributed by atoms with Crippen molar-refractivity contribution in [1.82, 2.24) is 26.6 Å². The van der Waals surface area contributed by atoms with Crippen molar-refractivity contribution in [2.24, 2.45) is 0 Å². The molecule has 5 amide bonds. The fraction of sp³-hybridized carbons (Fsp3) is 0.576. The molecule has 0 aliphatic carbocycles. The van der Waals surface area contributed by atoms with Crippen LogP contribution >= 0.6 is 0 Å². The molecule has 2 rings (SSSR count). The van der Waals surface area contributed by atoms with E-state index in [0.717, 1.165) is 24.8 Å². The number of amides is 5. The maximum Gasteiger partial charge on any atom is 0.315 e. The van der Waals surface area contributed by atoms with Gasteiger partial charge < -0.3 is 26.6 Å². The van der Waals surface area contributed by atoms with Gasteiger partial charge in [-0.15, -0.1) is 0 Å². The predicted octanol–water partition coefficient (Wildman–Crippen LogP) is 4.44. The average Bonchev–Trinajstić information content (AvgIpc) is 2.97. The second kappa shape index (κ2) is 21.1. The first kappa shape index (κ1) is 34.6. The first-order valence-electron chi connectivity index (χ1n) is 15.7. The van der Waals surface area contributed by atoms with E-state index in [4.69, 9.17) is 0 Å². The third-order valence-electron chi connectivity index (χ3n) is 7.15. The van der Waals surface area contributed by atoms with Gasteiger partial charge in [-0.25, -0.2) is 4.79 Å². The number of rotatable bonds is 16. The highest BCUT2D eigenvalue weighted by Gasteiger charge is 2.26. The Bertz CT molecular complexity index is 1010. The van der Waals surface area contributed by atoms with Crippen LogP contribution in [0.5, 0.6) is 0 Å². The van der Waals surface area contributed by atoms with Crippen LogP contribution < -0.4 is 26.6 Å². The standard InChI is InChI=1S/C33H51N5O4/c1-3-4-5-6-7-8-9-10-11-16-24-35-33(42)38-29(25-27-18-13-12-14-19-27)32(41)37-28-20-15-17-23-34-30(39)22-21-26(2)36-31(28)40/h12-15,18-22,26,28-29H,3-11,16-17,23-25H2,1-2H3,(H,34,39)(H,36,40)(H,37,41)(H2,35,38,42)/b20-15+,22-21+/t26-,28-,29?/m0/s1. The van der Waals surface area contributed by atoms with Crippen LogP contribution in [0.15, 0.2) is 54.6 Å². The number of carbonyl (C=O) groups excluding carboxylic acids is 4. The summed E-state index contributed by atoms with van der Waals surface area (Å²) in [7, 11) is 0. The van der Waals surface area contributed by atoms with Gasteiger partial charge in [0, 0.05) is 31.6 Å². The molecule has 0 radical (unpaired) electrons. The van der Waals surface area contributed by atoms with Crippen molar-refractivity contribution >= 4 is 23.8 Å². The van der Waals surface area contributed by atoms with Crippen molar-refractivity contribution in [3.63, 3.8) is 0 Å². The van der Waals surface area contributed by atoms with E-state index in [0.29, 0.717) is 19.5 Å². The van der Waals surface area contributed by atoms with E-state index in [2.05, 4.69) is 33.5 Å². The Kier molecular flexibility index (Phi) is 17.4. The highest BCUT2D eigenvalue weighted by atomic mass is 16.2. The molecule has 0 spiro atoms. The van der Waals surface area contributed by atoms with Gasteiger partial charge in [0.15, 0.2) is 0 Å². The number of hydrogen-bond acceptors (Lipinski definition) is 4. The summed E-state index contributed by atoms with van der Waals surface area (Å²) in [6.45, 7) is 4.93. The van der Waals surface area contributed by atoms with Gasteiger partial charge in [-0.3, -0.25) is 14.4 Å². The molecule has 1 aromatic rings. The minimum absolute atomic E-state index is 0.226. The van der Waals surface area contributed by atoms with Crippen molar-refractivity contribution in [3.8, 4) is 0 Å². The summed E-state index contributed by atoms with van der Waals surface area (Å²) in [6.07, 6.45) is 19.3. The molecule has 1 aromatic carbocycles. The summed E-state index contributed by atoms with van der Waals surface area (Å²) in [6, 6.07) is 6.82. The van der Waals surface area contributed by atoms with Gasteiger partial charge in [0.05, 0.1) is 0 Å². The monoisotopic (exact) mass is 581 g/mol. The topological polar surface area (TPSA) is 128 Å². The molecule has 1 aliphatic heterocycles. The fourth-order valence-electron chi connectivity index (χ4n) is 4.70.